The van der Waals surface area contributed by atoms with E-state index >= 15 is 0 Å². The Morgan fingerprint density at radius 3 is 2.54 bits per heavy atom. The van der Waals surface area contributed by atoms with Crippen molar-refractivity contribution in [3.8, 4) is 5.75 Å². The summed E-state index contributed by atoms with van der Waals surface area (Å²) in [4.78, 5) is 25.8. The predicted molar refractivity (Wildman–Crippen MR) is 112 cm³/mol. The lowest BCUT2D eigenvalue weighted by molar-refractivity contribution is -0.885. The molecule has 0 aliphatic carbocycles. The summed E-state index contributed by atoms with van der Waals surface area (Å²) in [6.07, 6.45) is 0. The van der Waals surface area contributed by atoms with E-state index < -0.39 is 6.04 Å². The molecule has 0 aliphatic rings. The first-order chi connectivity index (χ1) is 13.2. The summed E-state index contributed by atoms with van der Waals surface area (Å²) in [5.41, 5.74) is 3.44. The van der Waals surface area contributed by atoms with E-state index in [-0.39, 0.29) is 18.4 Å². The maximum absolute atomic E-state index is 12.6. The number of hydrogen-bond donors (Lipinski definition) is 3. The maximum atomic E-state index is 12.6. The monoisotopic (exact) mass is 404 g/mol. The molecule has 0 radical (unpaired) electrons. The Morgan fingerprint density at radius 2 is 1.86 bits per heavy atom. The van der Waals surface area contributed by atoms with Gasteiger partial charge in [-0.1, -0.05) is 23.7 Å². The Hall–Kier alpha value is -2.57. The number of benzene rings is 2. The van der Waals surface area contributed by atoms with E-state index in [2.05, 4.69) is 10.6 Å². The van der Waals surface area contributed by atoms with Crippen LogP contribution in [0.3, 0.4) is 0 Å². The summed E-state index contributed by atoms with van der Waals surface area (Å²) >= 11 is 6.00. The van der Waals surface area contributed by atoms with Crippen LogP contribution in [0.5, 0.6) is 5.75 Å². The first-order valence-corrected chi connectivity index (χ1v) is 9.43. The molecule has 6 nitrogen and oxygen atoms in total. The molecule has 2 aromatic carbocycles. The molecule has 7 heteroatoms. The average Bonchev–Trinajstić information content (AvgIpc) is 2.65. The fraction of sp³-hybridized carbons (Fsp3) is 0.333. The van der Waals surface area contributed by atoms with Crippen molar-refractivity contribution in [1.82, 2.24) is 0 Å². The van der Waals surface area contributed by atoms with Crippen LogP contribution in [-0.2, 0) is 9.59 Å². The lowest BCUT2D eigenvalue weighted by atomic mass is 10.1. The van der Waals surface area contributed by atoms with Crippen LogP contribution in [0.1, 0.15) is 18.1 Å². The number of nitrogens with one attached hydrogen (secondary N) is 3. The number of quaternary nitrogens is 1. The SMILES string of the molecule is COc1ccc(Cl)cc1NC(=O)[C@@H](C)[NH+](C)CC(=O)Nc1cccc(C)c1C. The van der Waals surface area contributed by atoms with Crippen molar-refractivity contribution in [2.45, 2.75) is 26.8 Å². The van der Waals surface area contributed by atoms with Gasteiger partial charge >= 0.3 is 0 Å². The maximum Gasteiger partial charge on any atom is 0.282 e. The highest BCUT2D eigenvalue weighted by atomic mass is 35.5. The molecule has 28 heavy (non-hydrogen) atoms. The standard InChI is InChI=1S/C21H26ClN3O3/c1-13-7-6-8-17(14(13)2)23-20(26)12-25(4)15(3)21(27)24-18-11-16(22)9-10-19(18)28-5/h6-11,15H,12H2,1-5H3,(H,23,26)(H,24,27)/p+1/t15-/m1/s1. The normalized spacial score (nSPS) is 12.8. The molecule has 2 amide bonds. The zero-order chi connectivity index (χ0) is 20.8. The van der Waals surface area contributed by atoms with Crippen LogP contribution >= 0.6 is 11.6 Å². The first-order valence-electron chi connectivity index (χ1n) is 9.05. The van der Waals surface area contributed by atoms with E-state index in [0.29, 0.717) is 16.5 Å². The van der Waals surface area contributed by atoms with Gasteiger partial charge in [-0.25, -0.2) is 0 Å². The predicted octanol–water partition coefficient (Wildman–Crippen LogP) is 2.45. The van der Waals surface area contributed by atoms with Gasteiger partial charge in [0.1, 0.15) is 5.75 Å². The molecule has 0 aromatic heterocycles. The zero-order valence-corrected chi connectivity index (χ0v) is 17.6. The Kier molecular flexibility index (Phi) is 7.43. The summed E-state index contributed by atoms with van der Waals surface area (Å²) in [6.45, 7) is 5.90. The van der Waals surface area contributed by atoms with E-state index in [4.69, 9.17) is 16.3 Å². The van der Waals surface area contributed by atoms with Crippen molar-refractivity contribution in [1.29, 1.82) is 0 Å². The number of anilines is 2. The molecule has 0 aliphatic heterocycles. The molecule has 2 rings (SSSR count). The van der Waals surface area contributed by atoms with Gasteiger partial charge in [-0.05, 0) is 56.2 Å². The molecular formula is C21H27ClN3O3+. The molecule has 0 heterocycles. The summed E-state index contributed by atoms with van der Waals surface area (Å²) in [6, 6.07) is 10.3. The van der Waals surface area contributed by atoms with Crippen LogP contribution in [0.4, 0.5) is 11.4 Å². The fourth-order valence-electron chi connectivity index (χ4n) is 2.73. The molecule has 2 aromatic rings. The second-order valence-electron chi connectivity index (χ2n) is 6.87. The summed E-state index contributed by atoms with van der Waals surface area (Å²) < 4.78 is 5.25. The van der Waals surface area contributed by atoms with Crippen molar-refractivity contribution in [2.75, 3.05) is 31.3 Å². The van der Waals surface area contributed by atoms with Crippen molar-refractivity contribution >= 4 is 34.8 Å². The minimum Gasteiger partial charge on any atom is -0.495 e. The Labute approximate surface area is 170 Å². The number of aryl methyl sites for hydroxylation is 1. The van der Waals surface area contributed by atoms with Gasteiger partial charge in [0.15, 0.2) is 12.6 Å². The highest BCUT2D eigenvalue weighted by molar-refractivity contribution is 6.31. The van der Waals surface area contributed by atoms with Crippen molar-refractivity contribution in [3.05, 3.63) is 52.5 Å². The molecule has 0 saturated carbocycles. The third-order valence-electron chi connectivity index (χ3n) is 4.87. The first kappa shape index (κ1) is 21.7. The molecule has 0 bridgehead atoms. The van der Waals surface area contributed by atoms with E-state index in [1.807, 2.05) is 39.1 Å². The van der Waals surface area contributed by atoms with E-state index in [9.17, 15) is 9.59 Å². The minimum atomic E-state index is -0.451. The number of methoxy groups -OCH3 is 1. The van der Waals surface area contributed by atoms with Crippen molar-refractivity contribution in [3.63, 3.8) is 0 Å². The second-order valence-corrected chi connectivity index (χ2v) is 7.31. The number of rotatable bonds is 7. The molecule has 0 spiro atoms. The van der Waals surface area contributed by atoms with Gasteiger partial charge in [-0.3, -0.25) is 9.59 Å². The molecule has 1 unspecified atom stereocenters. The number of likely N-dealkylation sites (N-methyl/N-ethyl adjacent to an activating group) is 1. The smallest absolute Gasteiger partial charge is 0.282 e. The number of carbonyl (C=O) groups excluding carboxylic acids is 2. The van der Waals surface area contributed by atoms with Gasteiger partial charge in [0.2, 0.25) is 0 Å². The molecular weight excluding hydrogens is 378 g/mol. The van der Waals surface area contributed by atoms with Crippen LogP contribution < -0.4 is 20.3 Å². The zero-order valence-electron chi connectivity index (χ0n) is 16.9. The third kappa shape index (κ3) is 5.47. The number of hydrogen-bond acceptors (Lipinski definition) is 3. The van der Waals surface area contributed by atoms with Gasteiger partial charge in [0.05, 0.1) is 19.8 Å². The van der Waals surface area contributed by atoms with Crippen molar-refractivity contribution < 1.29 is 19.2 Å². The number of amides is 2. The van der Waals surface area contributed by atoms with Gasteiger partial charge in [-0.15, -0.1) is 0 Å². The molecule has 0 fully saturated rings. The number of halogens is 1. The lowest BCUT2D eigenvalue weighted by Gasteiger charge is -2.21. The minimum absolute atomic E-state index is 0.147. The second kappa shape index (κ2) is 9.57. The van der Waals surface area contributed by atoms with E-state index in [1.54, 1.807) is 25.1 Å². The summed E-state index contributed by atoms with van der Waals surface area (Å²) in [7, 11) is 3.33. The van der Waals surface area contributed by atoms with E-state index in [0.717, 1.165) is 21.7 Å². The van der Waals surface area contributed by atoms with Gasteiger partial charge < -0.3 is 20.3 Å². The average molecular weight is 405 g/mol. The lowest BCUT2D eigenvalue weighted by Crippen LogP contribution is -3.14. The van der Waals surface area contributed by atoms with Crippen LogP contribution in [0.2, 0.25) is 5.02 Å². The summed E-state index contributed by atoms with van der Waals surface area (Å²) in [5.74, 6) is 0.152. The Morgan fingerprint density at radius 1 is 1.14 bits per heavy atom. The Balaban J connectivity index is 1.98. The fourth-order valence-corrected chi connectivity index (χ4v) is 2.90. The Bertz CT molecular complexity index is 870. The summed E-state index contributed by atoms with van der Waals surface area (Å²) in [5, 5.41) is 6.24. The highest BCUT2D eigenvalue weighted by Gasteiger charge is 2.25. The van der Waals surface area contributed by atoms with Crippen molar-refractivity contribution in [2.24, 2.45) is 0 Å². The van der Waals surface area contributed by atoms with Gasteiger partial charge in [-0.2, -0.15) is 0 Å². The van der Waals surface area contributed by atoms with Gasteiger partial charge in [0.25, 0.3) is 11.8 Å². The van der Waals surface area contributed by atoms with Gasteiger partial charge in [0, 0.05) is 10.7 Å². The third-order valence-corrected chi connectivity index (χ3v) is 5.11. The van der Waals surface area contributed by atoms with Crippen LogP contribution in [0.25, 0.3) is 0 Å². The molecule has 3 N–H and O–H groups in total. The van der Waals surface area contributed by atoms with Crippen LogP contribution in [0, 0.1) is 13.8 Å². The largest absolute Gasteiger partial charge is 0.495 e. The van der Waals surface area contributed by atoms with Crippen LogP contribution in [-0.4, -0.2) is 38.6 Å². The number of carbonyl (C=O) groups is 2. The molecule has 150 valence electrons. The molecule has 0 saturated heterocycles. The van der Waals surface area contributed by atoms with E-state index in [1.165, 1.54) is 7.11 Å². The highest BCUT2D eigenvalue weighted by Crippen LogP contribution is 2.27. The topological polar surface area (TPSA) is 71.9 Å². The van der Waals surface area contributed by atoms with Crippen LogP contribution in [0.15, 0.2) is 36.4 Å². The molecule has 2 atom stereocenters. The quantitative estimate of drug-likeness (QED) is 0.663. The number of ether oxygens (including phenoxy) is 1.